The van der Waals surface area contributed by atoms with E-state index < -0.39 is 16.9 Å². The summed E-state index contributed by atoms with van der Waals surface area (Å²) in [5.74, 6) is 0. The summed E-state index contributed by atoms with van der Waals surface area (Å²) in [5, 5.41) is 8.79. The number of H-pyrrole nitrogens is 2. The fourth-order valence-electron chi connectivity index (χ4n) is 2.43. The van der Waals surface area contributed by atoms with Crippen LogP contribution >= 0.6 is 23.2 Å². The molecule has 3 heterocycles. The van der Waals surface area contributed by atoms with Gasteiger partial charge >= 0.3 is 11.3 Å². The molecule has 0 unspecified atom stereocenters. The molecule has 25 heavy (non-hydrogen) atoms. The third kappa shape index (κ3) is 2.61. The molecule has 124 valence electrons. The molecular formula is C15H6Cl2N4O4. The number of rotatable bonds is 1. The maximum absolute atomic E-state index is 12.3. The van der Waals surface area contributed by atoms with E-state index in [0.29, 0.717) is 10.4 Å². The Bertz CT molecular complexity index is 1340. The van der Waals surface area contributed by atoms with Crippen LogP contribution in [-0.2, 0) is 0 Å². The Morgan fingerprint density at radius 2 is 1.76 bits per heavy atom. The highest BCUT2D eigenvalue weighted by atomic mass is 35.5. The largest absolute Gasteiger partial charge is 0.421 e. The smallest absolute Gasteiger partial charge is 0.345 e. The second kappa shape index (κ2) is 5.54. The molecule has 0 fully saturated rings. The fourth-order valence-corrected chi connectivity index (χ4v) is 2.98. The van der Waals surface area contributed by atoms with Crippen molar-refractivity contribution < 1.29 is 4.42 Å². The van der Waals surface area contributed by atoms with Crippen LogP contribution in [0.25, 0.3) is 33.3 Å². The van der Waals surface area contributed by atoms with Crippen LogP contribution in [0.5, 0.6) is 0 Å². The van der Waals surface area contributed by atoms with Crippen LogP contribution in [0.3, 0.4) is 0 Å². The van der Waals surface area contributed by atoms with Crippen molar-refractivity contribution in [1.29, 1.82) is 0 Å². The molecule has 0 aliphatic heterocycles. The molecule has 8 nitrogen and oxygen atoms in total. The van der Waals surface area contributed by atoms with Crippen molar-refractivity contribution in [2.24, 2.45) is 0 Å². The number of hydrogen-bond donors (Lipinski definition) is 2. The Morgan fingerprint density at radius 1 is 0.960 bits per heavy atom. The minimum Gasteiger partial charge on any atom is -0.421 e. The van der Waals surface area contributed by atoms with Crippen molar-refractivity contribution in [3.05, 3.63) is 65.6 Å². The number of halogens is 2. The number of aromatic nitrogens is 4. The summed E-state index contributed by atoms with van der Waals surface area (Å²) in [5.41, 5.74) is -1.67. The first-order chi connectivity index (χ1) is 11.9. The third-order valence-electron chi connectivity index (χ3n) is 3.53. The molecule has 0 amide bonds. The predicted molar refractivity (Wildman–Crippen MR) is 92.3 cm³/mol. The minimum atomic E-state index is -0.703. The lowest BCUT2D eigenvalue weighted by Crippen LogP contribution is -2.22. The molecule has 0 saturated carbocycles. The van der Waals surface area contributed by atoms with E-state index in [9.17, 15) is 14.4 Å². The van der Waals surface area contributed by atoms with Gasteiger partial charge in [0.1, 0.15) is 5.69 Å². The van der Waals surface area contributed by atoms with Crippen molar-refractivity contribution in [1.82, 2.24) is 20.2 Å². The van der Waals surface area contributed by atoms with Gasteiger partial charge in [-0.25, -0.2) is 9.59 Å². The van der Waals surface area contributed by atoms with Crippen molar-refractivity contribution in [3.8, 4) is 11.3 Å². The first-order valence-corrected chi connectivity index (χ1v) is 7.61. The maximum Gasteiger partial charge on any atom is 0.345 e. The molecule has 4 rings (SSSR count). The Hall–Kier alpha value is -2.97. The standard InChI is InChI=1S/C15H6Cl2N4O4/c16-6-1-5-2-7(14(23)25-11(5)9(17)3-6)10-4-8-12(21-20-10)18-15(24)19-13(8)22/h1-4H,(H2,18,19,21,22,24). The van der Waals surface area contributed by atoms with E-state index >= 15 is 0 Å². The average molecular weight is 377 g/mol. The highest BCUT2D eigenvalue weighted by Crippen LogP contribution is 2.29. The SMILES string of the molecule is O=c1[nH]c(=O)c2cc(-c3cc4cc(Cl)cc(Cl)c4oc3=O)nnc2[nH]1. The number of fused-ring (bicyclic) bond motifs is 2. The van der Waals surface area contributed by atoms with Crippen LogP contribution in [0.4, 0.5) is 0 Å². The van der Waals surface area contributed by atoms with Gasteiger partial charge in [0.25, 0.3) is 5.56 Å². The summed E-state index contributed by atoms with van der Waals surface area (Å²) in [7, 11) is 0. The molecule has 0 aliphatic carbocycles. The number of nitrogens with zero attached hydrogens (tertiary/aromatic N) is 2. The van der Waals surface area contributed by atoms with Crippen molar-refractivity contribution in [2.75, 3.05) is 0 Å². The lowest BCUT2D eigenvalue weighted by molar-refractivity contribution is 0.563. The van der Waals surface area contributed by atoms with Gasteiger partial charge in [0.05, 0.1) is 16.0 Å². The van der Waals surface area contributed by atoms with Gasteiger partial charge in [-0.05, 0) is 24.3 Å². The Kier molecular flexibility index (Phi) is 3.45. The number of nitrogens with one attached hydrogen (secondary N) is 2. The van der Waals surface area contributed by atoms with Crippen LogP contribution in [0.2, 0.25) is 10.0 Å². The van der Waals surface area contributed by atoms with E-state index in [1.54, 1.807) is 6.07 Å². The summed E-state index contributed by atoms with van der Waals surface area (Å²) < 4.78 is 5.24. The van der Waals surface area contributed by atoms with E-state index in [1.165, 1.54) is 18.2 Å². The van der Waals surface area contributed by atoms with Gasteiger partial charge < -0.3 is 4.42 Å². The molecule has 10 heteroatoms. The minimum absolute atomic E-state index is 0.00812. The Balaban J connectivity index is 2.03. The molecule has 0 aliphatic rings. The zero-order valence-electron chi connectivity index (χ0n) is 12.1. The first kappa shape index (κ1) is 15.6. The second-order valence-corrected chi connectivity index (χ2v) is 6.00. The summed E-state index contributed by atoms with van der Waals surface area (Å²) in [6.45, 7) is 0. The van der Waals surface area contributed by atoms with Gasteiger partial charge in [-0.1, -0.05) is 23.2 Å². The summed E-state index contributed by atoms with van der Waals surface area (Å²) in [6, 6.07) is 5.86. The molecule has 0 spiro atoms. The van der Waals surface area contributed by atoms with Crippen LogP contribution in [0.15, 0.2) is 43.1 Å². The van der Waals surface area contributed by atoms with Crippen molar-refractivity contribution in [3.63, 3.8) is 0 Å². The Labute approximate surface area is 147 Å². The maximum atomic E-state index is 12.3. The Morgan fingerprint density at radius 3 is 2.56 bits per heavy atom. The van der Waals surface area contributed by atoms with Gasteiger partial charge in [-0.3, -0.25) is 14.8 Å². The van der Waals surface area contributed by atoms with E-state index in [4.69, 9.17) is 27.6 Å². The molecule has 0 saturated heterocycles. The van der Waals surface area contributed by atoms with Crippen LogP contribution in [0, 0.1) is 0 Å². The van der Waals surface area contributed by atoms with Gasteiger partial charge in [-0.2, -0.15) is 0 Å². The van der Waals surface area contributed by atoms with E-state index in [1.807, 2.05) is 0 Å². The zero-order chi connectivity index (χ0) is 17.7. The van der Waals surface area contributed by atoms with E-state index in [-0.39, 0.29) is 32.9 Å². The predicted octanol–water partition coefficient (Wildman–Crippen LogP) is 2.09. The van der Waals surface area contributed by atoms with Crippen LogP contribution in [0.1, 0.15) is 0 Å². The van der Waals surface area contributed by atoms with Crippen LogP contribution in [-0.4, -0.2) is 20.2 Å². The number of benzene rings is 1. The van der Waals surface area contributed by atoms with Gasteiger partial charge in [0.15, 0.2) is 11.2 Å². The highest BCUT2D eigenvalue weighted by Gasteiger charge is 2.14. The normalized spacial score (nSPS) is 11.3. The molecule has 3 aromatic heterocycles. The fraction of sp³-hybridized carbons (Fsp3) is 0. The van der Waals surface area contributed by atoms with Gasteiger partial charge in [0.2, 0.25) is 0 Å². The highest BCUT2D eigenvalue weighted by molar-refractivity contribution is 6.38. The second-order valence-electron chi connectivity index (χ2n) is 5.15. The summed E-state index contributed by atoms with van der Waals surface area (Å²) >= 11 is 12.0. The lowest BCUT2D eigenvalue weighted by Gasteiger charge is -2.04. The molecule has 4 aromatic rings. The van der Waals surface area contributed by atoms with Gasteiger partial charge in [-0.15, -0.1) is 10.2 Å². The van der Waals surface area contributed by atoms with Crippen molar-refractivity contribution in [2.45, 2.75) is 0 Å². The first-order valence-electron chi connectivity index (χ1n) is 6.86. The number of aromatic amines is 2. The monoisotopic (exact) mass is 376 g/mol. The lowest BCUT2D eigenvalue weighted by atomic mass is 10.1. The molecule has 1 aromatic carbocycles. The van der Waals surface area contributed by atoms with Crippen LogP contribution < -0.4 is 16.9 Å². The van der Waals surface area contributed by atoms with Crippen molar-refractivity contribution >= 4 is 45.2 Å². The number of hydrogen-bond acceptors (Lipinski definition) is 6. The topological polar surface area (TPSA) is 122 Å². The molecule has 0 atom stereocenters. The van der Waals surface area contributed by atoms with E-state index in [2.05, 4.69) is 20.2 Å². The zero-order valence-corrected chi connectivity index (χ0v) is 13.6. The molecule has 2 N–H and O–H groups in total. The third-order valence-corrected chi connectivity index (χ3v) is 4.02. The van der Waals surface area contributed by atoms with Gasteiger partial charge in [0, 0.05) is 10.4 Å². The van der Waals surface area contributed by atoms with E-state index in [0.717, 1.165) is 0 Å². The quantitative estimate of drug-likeness (QED) is 0.490. The molecule has 0 bridgehead atoms. The summed E-state index contributed by atoms with van der Waals surface area (Å²) in [6.07, 6.45) is 0. The molecular weight excluding hydrogens is 371 g/mol. The molecule has 0 radical (unpaired) electrons. The average Bonchev–Trinajstić information content (AvgIpc) is 2.55. The summed E-state index contributed by atoms with van der Waals surface area (Å²) in [4.78, 5) is 39.8.